The molecule has 0 rings (SSSR count). The smallest absolute Gasteiger partial charge is 0.462 e. The molecule has 0 aromatic rings. The first kappa shape index (κ1) is 96.1. The standard InChI is InChI=1S/C79H154O17P2/c1-7-9-11-13-15-17-19-21-23-24-25-26-28-30-32-37-45-51-57-63-78(83)95-74(67-89-76(81)61-55-49-43-36-31-29-27-22-20-18-16-14-12-10-8-2)69-93-97(85,86)91-65-73(80)66-92-98(87,88)94-70-75(68-90-77(82)62-56-50-44-40-39-42-48-54-60-72(5)6)96-79(84)64-58-52-46-38-34-33-35-41-47-53-59-71(3)4/h71-75,80H,7-70H2,1-6H3,(H,85,86)(H,87,88)/t73-,74-,75-/m1/s1. The van der Waals surface area contributed by atoms with Gasteiger partial charge in [0, 0.05) is 25.7 Å². The van der Waals surface area contributed by atoms with Crippen LogP contribution in [0, 0.1) is 11.8 Å². The number of phosphoric ester groups is 2. The van der Waals surface area contributed by atoms with Crippen molar-refractivity contribution < 1.29 is 80.2 Å². The Bertz CT molecular complexity index is 1890. The van der Waals surface area contributed by atoms with E-state index in [0.717, 1.165) is 102 Å². The predicted octanol–water partition coefficient (Wildman–Crippen LogP) is 23.5. The van der Waals surface area contributed by atoms with Gasteiger partial charge in [-0.1, -0.05) is 363 Å². The maximum atomic E-state index is 13.1. The Labute approximate surface area is 600 Å². The highest BCUT2D eigenvalue weighted by Gasteiger charge is 2.30. The molecule has 19 heteroatoms. The molecule has 0 aliphatic carbocycles. The van der Waals surface area contributed by atoms with Crippen molar-refractivity contribution in [3.63, 3.8) is 0 Å². The van der Waals surface area contributed by atoms with E-state index in [1.807, 2.05) is 0 Å². The van der Waals surface area contributed by atoms with Gasteiger partial charge in [-0.2, -0.15) is 0 Å². The first-order valence-corrected chi connectivity index (χ1v) is 44.0. The van der Waals surface area contributed by atoms with Crippen LogP contribution in [-0.2, 0) is 65.4 Å². The number of aliphatic hydroxyl groups is 1. The molecule has 0 radical (unpaired) electrons. The molecule has 0 heterocycles. The van der Waals surface area contributed by atoms with Gasteiger partial charge in [0.25, 0.3) is 0 Å². The number of unbranched alkanes of at least 4 members (excludes halogenated alkanes) is 48. The van der Waals surface area contributed by atoms with Crippen LogP contribution in [0.5, 0.6) is 0 Å². The van der Waals surface area contributed by atoms with E-state index in [-0.39, 0.29) is 25.7 Å². The third-order valence-corrected chi connectivity index (χ3v) is 20.4. The number of carbonyl (C=O) groups is 4. The third kappa shape index (κ3) is 72.4. The summed E-state index contributed by atoms with van der Waals surface area (Å²) in [7, 11) is -9.92. The number of phosphoric acid groups is 2. The van der Waals surface area contributed by atoms with Crippen LogP contribution in [0.1, 0.15) is 414 Å². The van der Waals surface area contributed by atoms with Crippen molar-refractivity contribution in [1.29, 1.82) is 0 Å². The number of rotatable bonds is 78. The Morgan fingerprint density at radius 3 is 0.694 bits per heavy atom. The van der Waals surface area contributed by atoms with Crippen LogP contribution >= 0.6 is 15.6 Å². The largest absolute Gasteiger partial charge is 0.472 e. The molecule has 0 amide bonds. The fourth-order valence-electron chi connectivity index (χ4n) is 12.2. The van der Waals surface area contributed by atoms with Gasteiger partial charge < -0.3 is 33.8 Å². The molecule has 0 spiro atoms. The minimum absolute atomic E-state index is 0.106. The summed E-state index contributed by atoms with van der Waals surface area (Å²) < 4.78 is 68.7. The molecule has 3 N–H and O–H groups in total. The van der Waals surface area contributed by atoms with Crippen molar-refractivity contribution in [2.75, 3.05) is 39.6 Å². The molecule has 5 atom stereocenters. The molecule has 0 fully saturated rings. The lowest BCUT2D eigenvalue weighted by Gasteiger charge is -2.21. The van der Waals surface area contributed by atoms with Crippen molar-refractivity contribution in [2.45, 2.75) is 432 Å². The molecule has 0 aliphatic rings. The minimum Gasteiger partial charge on any atom is -0.462 e. The van der Waals surface area contributed by atoms with Crippen LogP contribution in [-0.4, -0.2) is 96.7 Å². The highest BCUT2D eigenvalue weighted by molar-refractivity contribution is 7.47. The van der Waals surface area contributed by atoms with Gasteiger partial charge in [-0.25, -0.2) is 9.13 Å². The Morgan fingerprint density at radius 1 is 0.276 bits per heavy atom. The average molecular weight is 1440 g/mol. The van der Waals surface area contributed by atoms with Gasteiger partial charge >= 0.3 is 39.5 Å². The topological polar surface area (TPSA) is 237 Å². The van der Waals surface area contributed by atoms with Crippen molar-refractivity contribution in [2.24, 2.45) is 11.8 Å². The van der Waals surface area contributed by atoms with Crippen LogP contribution in [0.3, 0.4) is 0 Å². The molecule has 0 saturated heterocycles. The summed E-state index contributed by atoms with van der Waals surface area (Å²) in [6.45, 7) is 9.58. The zero-order valence-corrected chi connectivity index (χ0v) is 65.9. The number of carbonyl (C=O) groups excluding carboxylic acids is 4. The normalized spacial score (nSPS) is 13.9. The van der Waals surface area contributed by atoms with Crippen molar-refractivity contribution in [1.82, 2.24) is 0 Å². The first-order valence-electron chi connectivity index (χ1n) is 41.0. The molecule has 0 aliphatic heterocycles. The Hall–Kier alpha value is -1.94. The molecule has 0 aromatic carbocycles. The Balaban J connectivity index is 5.24. The van der Waals surface area contributed by atoms with Crippen molar-refractivity contribution >= 4 is 39.5 Å². The molecule has 0 aromatic heterocycles. The second-order valence-electron chi connectivity index (χ2n) is 29.4. The molecule has 582 valence electrons. The van der Waals surface area contributed by atoms with E-state index < -0.39 is 97.5 Å². The zero-order chi connectivity index (χ0) is 72.1. The maximum absolute atomic E-state index is 13.1. The minimum atomic E-state index is -4.96. The second-order valence-corrected chi connectivity index (χ2v) is 32.3. The fraction of sp³-hybridized carbons (Fsp3) is 0.949. The fourth-order valence-corrected chi connectivity index (χ4v) is 13.8. The van der Waals surface area contributed by atoms with Gasteiger partial charge in [-0.05, 0) is 37.5 Å². The summed E-state index contributed by atoms with van der Waals surface area (Å²) in [4.78, 5) is 72.9. The lowest BCUT2D eigenvalue weighted by atomic mass is 10.0. The number of ether oxygens (including phenoxy) is 4. The quantitative estimate of drug-likeness (QED) is 0.0222. The van der Waals surface area contributed by atoms with Gasteiger partial charge in [-0.3, -0.25) is 37.3 Å². The van der Waals surface area contributed by atoms with E-state index in [0.29, 0.717) is 25.7 Å². The molecule has 0 saturated carbocycles. The van der Waals surface area contributed by atoms with Crippen LogP contribution in [0.4, 0.5) is 0 Å². The molecule has 98 heavy (non-hydrogen) atoms. The summed E-state index contributed by atoms with van der Waals surface area (Å²) in [5, 5.41) is 10.6. The lowest BCUT2D eigenvalue weighted by molar-refractivity contribution is -0.161. The molecular weight excluding hydrogens is 1280 g/mol. The number of hydrogen-bond acceptors (Lipinski definition) is 15. The van der Waals surface area contributed by atoms with Crippen LogP contribution in [0.25, 0.3) is 0 Å². The van der Waals surface area contributed by atoms with E-state index in [1.165, 1.54) is 231 Å². The van der Waals surface area contributed by atoms with Gasteiger partial charge in [0.1, 0.15) is 19.3 Å². The monoisotopic (exact) mass is 1440 g/mol. The third-order valence-electron chi connectivity index (χ3n) is 18.5. The van der Waals surface area contributed by atoms with Gasteiger partial charge in [0.2, 0.25) is 0 Å². The molecule has 0 bridgehead atoms. The summed E-state index contributed by atoms with van der Waals surface area (Å²) in [5.41, 5.74) is 0. The lowest BCUT2D eigenvalue weighted by Crippen LogP contribution is -2.30. The van der Waals surface area contributed by atoms with E-state index in [1.54, 1.807) is 0 Å². The van der Waals surface area contributed by atoms with Crippen LogP contribution in [0.2, 0.25) is 0 Å². The molecule has 2 unspecified atom stereocenters. The summed E-state index contributed by atoms with van der Waals surface area (Å²) in [6.07, 6.45) is 59.7. The van der Waals surface area contributed by atoms with Gasteiger partial charge in [-0.15, -0.1) is 0 Å². The van der Waals surface area contributed by atoms with E-state index in [4.69, 9.17) is 37.0 Å². The molecular formula is C79H154O17P2. The highest BCUT2D eigenvalue weighted by atomic mass is 31.2. The Kier molecular flexibility index (Phi) is 69.3. The number of hydrogen-bond donors (Lipinski definition) is 3. The maximum Gasteiger partial charge on any atom is 0.472 e. The Morgan fingerprint density at radius 2 is 0.469 bits per heavy atom. The van der Waals surface area contributed by atoms with Crippen molar-refractivity contribution in [3.8, 4) is 0 Å². The summed E-state index contributed by atoms with van der Waals surface area (Å²) in [5.74, 6) is -0.633. The van der Waals surface area contributed by atoms with E-state index in [2.05, 4.69) is 41.5 Å². The molecule has 17 nitrogen and oxygen atoms in total. The second kappa shape index (κ2) is 70.7. The van der Waals surface area contributed by atoms with E-state index >= 15 is 0 Å². The zero-order valence-electron chi connectivity index (χ0n) is 64.1. The highest BCUT2D eigenvalue weighted by Crippen LogP contribution is 2.45. The van der Waals surface area contributed by atoms with Crippen molar-refractivity contribution in [3.05, 3.63) is 0 Å². The van der Waals surface area contributed by atoms with Gasteiger partial charge in [0.05, 0.1) is 26.4 Å². The summed E-state index contributed by atoms with van der Waals surface area (Å²) >= 11 is 0. The van der Waals surface area contributed by atoms with Crippen LogP contribution < -0.4 is 0 Å². The predicted molar refractivity (Wildman–Crippen MR) is 400 cm³/mol. The SMILES string of the molecule is CCCCCCCCCCCCCCCCCCCCCC(=O)O[C@H](COC(=O)CCCCCCCCCCCCCCCCC)COP(=O)(O)OC[C@@H](O)COP(=O)(O)OC[C@@H](COC(=O)CCCCCCCCCCC(C)C)OC(=O)CCCCCCCCCCCCC(C)C. The summed E-state index contributed by atoms with van der Waals surface area (Å²) in [6, 6.07) is 0. The number of esters is 4. The number of aliphatic hydroxyl groups excluding tert-OH is 1. The van der Waals surface area contributed by atoms with E-state index in [9.17, 15) is 43.2 Å². The van der Waals surface area contributed by atoms with Crippen LogP contribution in [0.15, 0.2) is 0 Å². The average Bonchev–Trinajstić information content (AvgIpc) is 3.05. The van der Waals surface area contributed by atoms with Gasteiger partial charge in [0.15, 0.2) is 12.2 Å². The first-order chi connectivity index (χ1) is 47.4.